The van der Waals surface area contributed by atoms with Gasteiger partial charge >= 0.3 is 24.2 Å². The van der Waals surface area contributed by atoms with Crippen molar-refractivity contribution in [3.63, 3.8) is 0 Å². The maximum absolute atomic E-state index is 14.4. The Kier molecular flexibility index (Phi) is 19.4. The predicted molar refractivity (Wildman–Crippen MR) is 309 cm³/mol. The first-order valence-electron chi connectivity index (χ1n) is 27.2. The Hall–Kier alpha value is -9.88. The summed E-state index contributed by atoms with van der Waals surface area (Å²) in [6.07, 6.45) is 0.428. The van der Waals surface area contributed by atoms with Gasteiger partial charge in [-0.15, -0.1) is 0 Å². The van der Waals surface area contributed by atoms with Crippen LogP contribution in [0.15, 0.2) is 116 Å². The van der Waals surface area contributed by atoms with Gasteiger partial charge in [0.1, 0.15) is 45.1 Å². The first kappa shape index (κ1) is 62.2. The van der Waals surface area contributed by atoms with Gasteiger partial charge in [0.25, 0.3) is 11.8 Å². The highest BCUT2D eigenvalue weighted by molar-refractivity contribution is 6.08. The zero-order chi connectivity index (χ0) is 62.3. The molecule has 0 radical (unpaired) electrons. The molecule has 0 saturated heterocycles. The molecule has 25 nitrogen and oxygen atoms in total. The Morgan fingerprint density at radius 3 is 1.58 bits per heavy atom. The van der Waals surface area contributed by atoms with Gasteiger partial charge in [-0.1, -0.05) is 62.4 Å². The summed E-state index contributed by atoms with van der Waals surface area (Å²) in [6.45, 7) is 14.4. The molecule has 4 aliphatic heterocycles. The molecule has 0 unspecified atom stereocenters. The van der Waals surface area contributed by atoms with Gasteiger partial charge < -0.3 is 74.2 Å². The SMILES string of the molecule is C=CCOC(=O)N[C@H](C(=O)N[C@@H](C)C(=O)Nc1ccc(COC(=O)N2c3cc(OCc4cc(COc5cc6c(cc5OC)C(=O)N5C=C(C)C[C@H]5[C@H](O)N6C(=O)OCC=C)cc(C(=O)O)c4)c(OC)cc3C(=O)N3C=C(C)C[C@H]3[C@@H]2O)cc1)C(C)C. The average molecular weight is 1190 g/mol. The number of hydrogen-bond acceptors (Lipinski definition) is 17. The molecule has 7 amide bonds. The number of aliphatic hydroxyl groups excluding tert-OH is 2. The Morgan fingerprint density at radius 1 is 0.628 bits per heavy atom. The van der Waals surface area contributed by atoms with Crippen LogP contribution in [0.4, 0.5) is 31.4 Å². The number of nitrogens with zero attached hydrogens (tertiary/aromatic N) is 4. The normalized spacial score (nSPS) is 18.3. The van der Waals surface area contributed by atoms with Crippen molar-refractivity contribution in [2.75, 3.05) is 42.5 Å². The Labute approximate surface area is 494 Å². The van der Waals surface area contributed by atoms with Crippen LogP contribution in [0.2, 0.25) is 0 Å². The quantitative estimate of drug-likeness (QED) is 0.0357. The van der Waals surface area contributed by atoms with E-state index in [1.807, 2.05) is 0 Å². The molecule has 4 aliphatic rings. The standard InChI is InChI=1S/C61H67N7O18/c1-10-16-82-59(77)64-51(32(3)4)53(70)62-35(7)52(69)63-40-14-12-36(13-15-40)29-86-61(79)68-44-26-50(48(81-9)24-42(44)55(72)66-28-34(6)19-46(66)57(68)74)85-31-38-20-37(21-39(22-38)58(75)76)30-84-49-25-43-41(23-47(49)80-8)54(71)65-27-33(5)18-45(65)56(73)67(43)60(78)83-17-11-2/h10-15,20-28,32,35,45-46,51,56-57,73-74H,1-2,16-19,29-31H2,3-9H3,(H,62,70)(H,63,69)(H,64,77)(H,75,76)/t35-,45-,46-,51-,56-,57-/m0/s1. The van der Waals surface area contributed by atoms with Crippen LogP contribution in [0.3, 0.4) is 0 Å². The van der Waals surface area contributed by atoms with E-state index in [1.165, 1.54) is 79.5 Å². The Bertz CT molecular complexity index is 3420. The van der Waals surface area contributed by atoms with Crippen LogP contribution >= 0.6 is 0 Å². The fourth-order valence-electron chi connectivity index (χ4n) is 10.2. The molecule has 8 rings (SSSR count). The fourth-order valence-corrected chi connectivity index (χ4v) is 10.2. The highest BCUT2D eigenvalue weighted by atomic mass is 16.6. The van der Waals surface area contributed by atoms with Gasteiger partial charge in [0.15, 0.2) is 35.5 Å². The van der Waals surface area contributed by atoms with Crippen molar-refractivity contribution in [2.45, 2.75) is 104 Å². The lowest BCUT2D eigenvalue weighted by atomic mass is 10.0. The van der Waals surface area contributed by atoms with E-state index < -0.39 is 84.5 Å². The molecule has 0 saturated carbocycles. The van der Waals surface area contributed by atoms with Gasteiger partial charge in [-0.05, 0) is 98.7 Å². The molecular formula is C61H67N7O18. The molecule has 25 heteroatoms. The molecule has 4 heterocycles. The third-order valence-electron chi connectivity index (χ3n) is 14.4. The zero-order valence-corrected chi connectivity index (χ0v) is 48.3. The number of fused-ring (bicyclic) bond motifs is 4. The van der Waals surface area contributed by atoms with Gasteiger partial charge in [-0.3, -0.25) is 19.2 Å². The molecule has 454 valence electrons. The number of rotatable bonds is 21. The highest BCUT2D eigenvalue weighted by Crippen LogP contribution is 2.44. The summed E-state index contributed by atoms with van der Waals surface area (Å²) < 4.78 is 39.9. The lowest BCUT2D eigenvalue weighted by molar-refractivity contribution is -0.128. The fraction of sp³-hybridized carbons (Fsp3) is 0.344. The zero-order valence-electron chi connectivity index (χ0n) is 48.3. The molecule has 0 fully saturated rings. The van der Waals surface area contributed by atoms with Gasteiger partial charge in [0.2, 0.25) is 11.8 Å². The molecule has 86 heavy (non-hydrogen) atoms. The third kappa shape index (κ3) is 13.5. The molecule has 6 N–H and O–H groups in total. The second-order valence-corrected chi connectivity index (χ2v) is 21.0. The van der Waals surface area contributed by atoms with Crippen LogP contribution in [0, 0.1) is 5.92 Å². The van der Waals surface area contributed by atoms with Crippen molar-refractivity contribution >= 4 is 64.9 Å². The number of nitrogens with one attached hydrogen (secondary N) is 3. The molecule has 0 aromatic heterocycles. The Balaban J connectivity index is 0.998. The lowest BCUT2D eigenvalue weighted by Gasteiger charge is -2.31. The van der Waals surface area contributed by atoms with Crippen molar-refractivity contribution < 1.29 is 86.8 Å². The van der Waals surface area contributed by atoms with Crippen molar-refractivity contribution in [1.82, 2.24) is 20.4 Å². The minimum Gasteiger partial charge on any atom is -0.493 e. The maximum atomic E-state index is 14.4. The van der Waals surface area contributed by atoms with Gasteiger partial charge in [-0.25, -0.2) is 29.0 Å². The van der Waals surface area contributed by atoms with Crippen LogP contribution in [0.1, 0.15) is 95.2 Å². The van der Waals surface area contributed by atoms with E-state index in [0.29, 0.717) is 22.4 Å². The number of carbonyl (C=O) groups is 8. The first-order chi connectivity index (χ1) is 41.0. The minimum atomic E-state index is -1.65. The number of methoxy groups -OCH3 is 2. The second-order valence-electron chi connectivity index (χ2n) is 21.0. The summed E-state index contributed by atoms with van der Waals surface area (Å²) in [5.74, 6) is -3.74. The van der Waals surface area contributed by atoms with Gasteiger partial charge in [0, 0.05) is 30.2 Å². The highest BCUT2D eigenvalue weighted by Gasteiger charge is 2.47. The summed E-state index contributed by atoms with van der Waals surface area (Å²) in [6, 6.07) is 12.3. The number of hydrogen-bond donors (Lipinski definition) is 6. The Morgan fingerprint density at radius 2 is 1.12 bits per heavy atom. The first-order valence-corrected chi connectivity index (χ1v) is 27.2. The van der Waals surface area contributed by atoms with Gasteiger partial charge in [0.05, 0.1) is 54.4 Å². The summed E-state index contributed by atoms with van der Waals surface area (Å²) >= 11 is 0. The van der Waals surface area contributed by atoms with Crippen LogP contribution in [-0.4, -0.2) is 137 Å². The largest absolute Gasteiger partial charge is 0.493 e. The number of carboxylic acid groups (broad SMARTS) is 1. The molecule has 0 spiro atoms. The van der Waals surface area contributed by atoms with E-state index in [0.717, 1.165) is 20.9 Å². The number of carbonyl (C=O) groups excluding carboxylic acids is 7. The molecular weight excluding hydrogens is 1120 g/mol. The summed E-state index contributed by atoms with van der Waals surface area (Å²) in [7, 11) is 2.68. The van der Waals surface area contributed by atoms with Crippen molar-refractivity contribution in [3.05, 3.63) is 149 Å². The number of ether oxygens (including phenoxy) is 7. The van der Waals surface area contributed by atoms with Crippen LogP contribution in [0.25, 0.3) is 0 Å². The number of amides is 7. The van der Waals surface area contributed by atoms with E-state index in [1.54, 1.807) is 70.4 Å². The summed E-state index contributed by atoms with van der Waals surface area (Å²) in [4.78, 5) is 112. The number of aromatic carboxylic acids is 1. The predicted octanol–water partition coefficient (Wildman–Crippen LogP) is 7.11. The molecule has 4 aromatic carbocycles. The number of aliphatic hydroxyl groups is 2. The molecule has 4 aromatic rings. The summed E-state index contributed by atoms with van der Waals surface area (Å²) in [5, 5.41) is 41.7. The topological polar surface area (TPSA) is 311 Å². The molecule has 6 atom stereocenters. The number of benzene rings is 4. The second kappa shape index (κ2) is 26.8. The molecule has 0 aliphatic carbocycles. The van der Waals surface area contributed by atoms with E-state index >= 15 is 0 Å². The number of alkyl carbamates (subject to hydrolysis) is 1. The maximum Gasteiger partial charge on any atom is 0.416 e. The van der Waals surface area contributed by atoms with Crippen molar-refractivity contribution in [3.8, 4) is 23.0 Å². The van der Waals surface area contributed by atoms with Crippen LogP contribution < -0.4 is 44.7 Å². The van der Waals surface area contributed by atoms with Crippen molar-refractivity contribution in [2.24, 2.45) is 5.92 Å². The third-order valence-corrected chi connectivity index (χ3v) is 14.4. The van der Waals surface area contributed by atoms with E-state index in [-0.39, 0.29) is 103 Å². The van der Waals surface area contributed by atoms with E-state index in [9.17, 15) is 53.7 Å². The van der Waals surface area contributed by atoms with Crippen LogP contribution in [0.5, 0.6) is 23.0 Å². The number of carboxylic acids is 1. The number of anilines is 3. The lowest BCUT2D eigenvalue weighted by Crippen LogP contribution is -2.53. The van der Waals surface area contributed by atoms with Crippen LogP contribution in [-0.2, 0) is 43.6 Å². The minimum absolute atomic E-state index is 0.00640. The monoisotopic (exact) mass is 1190 g/mol. The summed E-state index contributed by atoms with van der Waals surface area (Å²) in [5.41, 5.74) is 2.69. The van der Waals surface area contributed by atoms with Gasteiger partial charge in [-0.2, -0.15) is 0 Å². The average Bonchev–Trinajstić information content (AvgIpc) is 1.67. The van der Waals surface area contributed by atoms with Crippen molar-refractivity contribution in [1.29, 1.82) is 0 Å². The smallest absolute Gasteiger partial charge is 0.416 e. The molecule has 0 bridgehead atoms. The van der Waals surface area contributed by atoms with E-state index in [2.05, 4.69) is 29.1 Å². The van der Waals surface area contributed by atoms with E-state index in [4.69, 9.17) is 33.2 Å².